The molecule has 0 aliphatic carbocycles. The van der Waals surface area contributed by atoms with Crippen LogP contribution in [0, 0.1) is 13.8 Å². The average molecular weight is 219 g/mol. The zero-order valence-electron chi connectivity index (χ0n) is 9.48. The molecule has 5 nitrogen and oxygen atoms in total. The van der Waals surface area contributed by atoms with Gasteiger partial charge in [0.05, 0.1) is 12.6 Å². The third-order valence-corrected chi connectivity index (χ3v) is 2.80. The first-order chi connectivity index (χ1) is 7.50. The predicted octanol–water partition coefficient (Wildman–Crippen LogP) is 1.21. The van der Waals surface area contributed by atoms with E-state index in [4.69, 9.17) is 5.11 Å². The Balaban J connectivity index is 2.71. The number of hydrogen-bond acceptors (Lipinski definition) is 3. The summed E-state index contributed by atoms with van der Waals surface area (Å²) in [4.78, 5) is 15.2. The molecule has 0 radical (unpaired) electrons. The summed E-state index contributed by atoms with van der Waals surface area (Å²) in [7, 11) is 1.82. The summed E-state index contributed by atoms with van der Waals surface area (Å²) in [6, 6.07) is 0. The van der Waals surface area contributed by atoms with Crippen LogP contribution in [0.2, 0.25) is 0 Å². The fraction of sp³-hybridized carbons (Fsp3) is 0.364. The molecule has 2 rings (SSSR count). The van der Waals surface area contributed by atoms with Gasteiger partial charge in [0, 0.05) is 18.1 Å². The molecule has 0 saturated heterocycles. The third kappa shape index (κ3) is 1.54. The van der Waals surface area contributed by atoms with Crippen LogP contribution >= 0.6 is 0 Å². The van der Waals surface area contributed by atoms with E-state index >= 15 is 0 Å². The number of hydrogen-bond donors (Lipinski definition) is 1. The lowest BCUT2D eigenvalue weighted by Gasteiger charge is -2.08. The summed E-state index contributed by atoms with van der Waals surface area (Å²) >= 11 is 0. The minimum Gasteiger partial charge on any atom is -0.481 e. The summed E-state index contributed by atoms with van der Waals surface area (Å²) < 4.78 is 1.69. The van der Waals surface area contributed by atoms with Crippen LogP contribution in [0.4, 0.5) is 0 Å². The predicted molar refractivity (Wildman–Crippen MR) is 59.3 cm³/mol. The third-order valence-electron chi connectivity index (χ3n) is 2.80. The minimum atomic E-state index is -0.837. The van der Waals surface area contributed by atoms with Gasteiger partial charge in [-0.1, -0.05) is 0 Å². The molecule has 0 fully saturated rings. The largest absolute Gasteiger partial charge is 0.481 e. The molecule has 2 aromatic rings. The van der Waals surface area contributed by atoms with E-state index in [-0.39, 0.29) is 6.42 Å². The van der Waals surface area contributed by atoms with Gasteiger partial charge in [-0.05, 0) is 25.0 Å². The van der Waals surface area contributed by atoms with Crippen molar-refractivity contribution in [2.75, 3.05) is 0 Å². The number of carbonyl (C=O) groups is 1. The number of carboxylic acids is 1. The molecule has 5 heteroatoms. The van der Waals surface area contributed by atoms with Crippen molar-refractivity contribution in [1.29, 1.82) is 0 Å². The number of nitrogens with zero attached hydrogens (tertiary/aromatic N) is 3. The quantitative estimate of drug-likeness (QED) is 0.824. The van der Waals surface area contributed by atoms with E-state index in [1.165, 1.54) is 0 Å². The smallest absolute Gasteiger partial charge is 0.307 e. The summed E-state index contributed by atoms with van der Waals surface area (Å²) in [5.41, 5.74) is 3.30. The van der Waals surface area contributed by atoms with E-state index in [1.54, 1.807) is 10.9 Å². The molecule has 0 aliphatic heterocycles. The molecule has 2 heterocycles. The van der Waals surface area contributed by atoms with Crippen LogP contribution in [0.15, 0.2) is 6.20 Å². The highest BCUT2D eigenvalue weighted by atomic mass is 16.4. The maximum atomic E-state index is 10.8. The monoisotopic (exact) mass is 219 g/mol. The zero-order valence-corrected chi connectivity index (χ0v) is 9.48. The zero-order chi connectivity index (χ0) is 11.9. The molecule has 0 aliphatic rings. The van der Waals surface area contributed by atoms with Gasteiger partial charge >= 0.3 is 5.97 Å². The van der Waals surface area contributed by atoms with Crippen molar-refractivity contribution in [2.45, 2.75) is 20.3 Å². The van der Waals surface area contributed by atoms with E-state index in [0.717, 1.165) is 27.9 Å². The van der Waals surface area contributed by atoms with Crippen molar-refractivity contribution >= 4 is 17.0 Å². The lowest BCUT2D eigenvalue weighted by molar-refractivity contribution is -0.136. The summed E-state index contributed by atoms with van der Waals surface area (Å²) in [5.74, 6) is -0.837. The Morgan fingerprint density at radius 2 is 2.19 bits per heavy atom. The van der Waals surface area contributed by atoms with Gasteiger partial charge in [0.15, 0.2) is 5.65 Å². The standard InChI is InChI=1S/C11H13N3O2/c1-6-8(4-10(15)16)7(2)13-11-9(6)5-12-14(11)3/h5H,4H2,1-3H3,(H,15,16). The van der Waals surface area contributed by atoms with Crippen LogP contribution < -0.4 is 0 Å². The molecule has 0 atom stereocenters. The lowest BCUT2D eigenvalue weighted by atomic mass is 10.0. The Hall–Kier alpha value is -1.91. The van der Waals surface area contributed by atoms with Gasteiger partial charge < -0.3 is 5.11 Å². The Bertz CT molecular complexity index is 572. The van der Waals surface area contributed by atoms with Gasteiger partial charge in [0.1, 0.15) is 0 Å². The van der Waals surface area contributed by atoms with Crippen LogP contribution in [-0.4, -0.2) is 25.8 Å². The van der Waals surface area contributed by atoms with Crippen molar-refractivity contribution in [3.63, 3.8) is 0 Å². The van der Waals surface area contributed by atoms with Crippen LogP contribution in [0.25, 0.3) is 11.0 Å². The van der Waals surface area contributed by atoms with E-state index < -0.39 is 5.97 Å². The Kier molecular flexibility index (Phi) is 2.38. The second-order valence-corrected chi connectivity index (χ2v) is 3.88. The molecule has 0 spiro atoms. The van der Waals surface area contributed by atoms with Crippen molar-refractivity contribution in [2.24, 2.45) is 7.05 Å². The topological polar surface area (TPSA) is 68.0 Å². The van der Waals surface area contributed by atoms with Gasteiger partial charge in [-0.3, -0.25) is 9.48 Å². The first-order valence-electron chi connectivity index (χ1n) is 5.00. The van der Waals surface area contributed by atoms with Gasteiger partial charge in [-0.25, -0.2) is 4.98 Å². The molecule has 0 amide bonds. The molecule has 84 valence electrons. The number of aryl methyl sites for hydroxylation is 3. The number of carboxylic acid groups (broad SMARTS) is 1. The highest BCUT2D eigenvalue weighted by Crippen LogP contribution is 2.22. The Morgan fingerprint density at radius 1 is 1.50 bits per heavy atom. The second kappa shape index (κ2) is 3.59. The van der Waals surface area contributed by atoms with Gasteiger partial charge in [0.2, 0.25) is 0 Å². The Labute approximate surface area is 92.7 Å². The van der Waals surface area contributed by atoms with Crippen LogP contribution in [-0.2, 0) is 18.3 Å². The van der Waals surface area contributed by atoms with E-state index in [1.807, 2.05) is 20.9 Å². The lowest BCUT2D eigenvalue weighted by Crippen LogP contribution is -2.06. The maximum absolute atomic E-state index is 10.8. The van der Waals surface area contributed by atoms with Gasteiger partial charge in [-0.2, -0.15) is 5.10 Å². The molecule has 0 bridgehead atoms. The van der Waals surface area contributed by atoms with E-state index in [9.17, 15) is 4.79 Å². The molecule has 0 unspecified atom stereocenters. The van der Waals surface area contributed by atoms with Crippen molar-refractivity contribution in [3.8, 4) is 0 Å². The maximum Gasteiger partial charge on any atom is 0.307 e. The molecular weight excluding hydrogens is 206 g/mol. The summed E-state index contributed by atoms with van der Waals surface area (Å²) in [6.07, 6.45) is 1.73. The normalized spacial score (nSPS) is 10.9. The molecule has 0 saturated carbocycles. The van der Waals surface area contributed by atoms with Gasteiger partial charge in [-0.15, -0.1) is 0 Å². The van der Waals surface area contributed by atoms with Crippen molar-refractivity contribution in [3.05, 3.63) is 23.0 Å². The number of rotatable bonds is 2. The number of aliphatic carboxylic acids is 1. The highest BCUT2D eigenvalue weighted by molar-refractivity contribution is 5.82. The van der Waals surface area contributed by atoms with E-state index in [2.05, 4.69) is 10.1 Å². The molecule has 16 heavy (non-hydrogen) atoms. The SMILES string of the molecule is Cc1nc2c(cnn2C)c(C)c1CC(=O)O. The molecule has 0 aromatic carbocycles. The number of pyridine rings is 1. The summed E-state index contributed by atoms with van der Waals surface area (Å²) in [5, 5.41) is 13.9. The van der Waals surface area contributed by atoms with Crippen LogP contribution in [0.5, 0.6) is 0 Å². The molecule has 2 aromatic heterocycles. The number of aromatic nitrogens is 3. The van der Waals surface area contributed by atoms with Crippen molar-refractivity contribution in [1.82, 2.24) is 14.8 Å². The fourth-order valence-electron chi connectivity index (χ4n) is 1.90. The molecular formula is C11H13N3O2. The first kappa shape index (κ1) is 10.6. The van der Waals surface area contributed by atoms with Crippen molar-refractivity contribution < 1.29 is 9.90 Å². The Morgan fingerprint density at radius 3 is 2.81 bits per heavy atom. The first-order valence-corrected chi connectivity index (χ1v) is 5.00. The highest BCUT2D eigenvalue weighted by Gasteiger charge is 2.14. The molecule has 1 N–H and O–H groups in total. The van der Waals surface area contributed by atoms with Gasteiger partial charge in [0.25, 0.3) is 0 Å². The van der Waals surface area contributed by atoms with Crippen LogP contribution in [0.3, 0.4) is 0 Å². The average Bonchev–Trinajstić information content (AvgIpc) is 2.55. The fourth-order valence-corrected chi connectivity index (χ4v) is 1.90. The number of fused-ring (bicyclic) bond motifs is 1. The summed E-state index contributed by atoms with van der Waals surface area (Å²) in [6.45, 7) is 3.74. The van der Waals surface area contributed by atoms with E-state index in [0.29, 0.717) is 0 Å². The van der Waals surface area contributed by atoms with Crippen LogP contribution in [0.1, 0.15) is 16.8 Å². The minimum absolute atomic E-state index is 0.00943. The second-order valence-electron chi connectivity index (χ2n) is 3.88.